The Hall–Kier alpha value is 0.0500. The van der Waals surface area contributed by atoms with Crippen LogP contribution in [0.2, 0.25) is 0 Å². The van der Waals surface area contributed by atoms with Crippen molar-refractivity contribution in [1.29, 1.82) is 0 Å². The Labute approximate surface area is 98.6 Å². The van der Waals surface area contributed by atoms with E-state index in [0.717, 1.165) is 5.25 Å². The van der Waals surface area contributed by atoms with E-state index in [9.17, 15) is 0 Å². The summed E-state index contributed by atoms with van der Waals surface area (Å²) in [6.45, 7) is 0. The fraction of sp³-hybridized carbons (Fsp3) is 0.500. The summed E-state index contributed by atoms with van der Waals surface area (Å²) in [6.07, 6.45) is 7.06. The van der Waals surface area contributed by atoms with Gasteiger partial charge in [0.05, 0.1) is 0 Å². The Morgan fingerprint density at radius 1 is 1.07 bits per heavy atom. The zero-order chi connectivity index (χ0) is 9.80. The minimum absolute atomic E-state index is 0.849. The SMILES string of the molecule is Brc1ccccc1SC1CCCCC1. The van der Waals surface area contributed by atoms with Gasteiger partial charge in [0, 0.05) is 14.6 Å². The second kappa shape index (κ2) is 5.22. The molecule has 0 aromatic heterocycles. The van der Waals surface area contributed by atoms with Crippen LogP contribution in [0.5, 0.6) is 0 Å². The Morgan fingerprint density at radius 2 is 1.79 bits per heavy atom. The molecule has 1 aliphatic carbocycles. The van der Waals surface area contributed by atoms with Crippen LogP contribution in [-0.4, -0.2) is 5.25 Å². The van der Waals surface area contributed by atoms with Gasteiger partial charge in [-0.1, -0.05) is 31.4 Å². The van der Waals surface area contributed by atoms with Crippen LogP contribution in [0.25, 0.3) is 0 Å². The van der Waals surface area contributed by atoms with E-state index in [-0.39, 0.29) is 0 Å². The number of halogens is 1. The molecule has 2 heteroatoms. The van der Waals surface area contributed by atoms with Crippen LogP contribution in [0.1, 0.15) is 32.1 Å². The molecule has 14 heavy (non-hydrogen) atoms. The number of thioether (sulfide) groups is 1. The van der Waals surface area contributed by atoms with Crippen molar-refractivity contribution in [2.75, 3.05) is 0 Å². The highest BCUT2D eigenvalue weighted by Gasteiger charge is 2.15. The van der Waals surface area contributed by atoms with Gasteiger partial charge in [0.2, 0.25) is 0 Å². The average molecular weight is 271 g/mol. The van der Waals surface area contributed by atoms with Gasteiger partial charge in [-0.15, -0.1) is 11.8 Å². The normalized spacial score (nSPS) is 18.4. The average Bonchev–Trinajstić information content (AvgIpc) is 2.23. The largest absolute Gasteiger partial charge is 0.122 e. The molecule has 0 saturated heterocycles. The highest BCUT2D eigenvalue weighted by Crippen LogP contribution is 2.36. The smallest absolute Gasteiger partial charge is 0.0311 e. The zero-order valence-electron chi connectivity index (χ0n) is 8.21. The van der Waals surface area contributed by atoms with E-state index < -0.39 is 0 Å². The lowest BCUT2D eigenvalue weighted by molar-refractivity contribution is 0.516. The van der Waals surface area contributed by atoms with Crippen LogP contribution in [0.3, 0.4) is 0 Å². The highest BCUT2D eigenvalue weighted by atomic mass is 79.9. The van der Waals surface area contributed by atoms with Crippen LogP contribution >= 0.6 is 27.7 Å². The van der Waals surface area contributed by atoms with Gasteiger partial charge in [0.25, 0.3) is 0 Å². The molecule has 0 amide bonds. The molecular formula is C12H15BrS. The zero-order valence-corrected chi connectivity index (χ0v) is 10.6. The van der Waals surface area contributed by atoms with Gasteiger partial charge in [-0.25, -0.2) is 0 Å². The highest BCUT2D eigenvalue weighted by molar-refractivity contribution is 9.10. The Kier molecular flexibility index (Phi) is 3.94. The maximum absolute atomic E-state index is 3.60. The van der Waals surface area contributed by atoms with E-state index in [2.05, 4.69) is 40.2 Å². The van der Waals surface area contributed by atoms with Crippen molar-refractivity contribution in [2.45, 2.75) is 42.2 Å². The summed E-state index contributed by atoms with van der Waals surface area (Å²) in [4.78, 5) is 1.40. The third-order valence-electron chi connectivity index (χ3n) is 2.68. The first-order chi connectivity index (χ1) is 6.86. The van der Waals surface area contributed by atoms with Crippen LogP contribution in [0, 0.1) is 0 Å². The first kappa shape index (κ1) is 10.6. The number of rotatable bonds is 2. The number of benzene rings is 1. The Morgan fingerprint density at radius 3 is 2.50 bits per heavy atom. The molecule has 1 aliphatic rings. The van der Waals surface area contributed by atoms with Gasteiger partial charge in [0.1, 0.15) is 0 Å². The molecule has 1 aromatic carbocycles. The van der Waals surface area contributed by atoms with Gasteiger partial charge in [0.15, 0.2) is 0 Å². The van der Waals surface area contributed by atoms with E-state index in [4.69, 9.17) is 0 Å². The quantitative estimate of drug-likeness (QED) is 0.739. The summed E-state index contributed by atoms with van der Waals surface area (Å²) >= 11 is 5.65. The molecule has 1 fully saturated rings. The fourth-order valence-corrected chi connectivity index (χ4v) is 3.73. The fourth-order valence-electron chi connectivity index (χ4n) is 1.90. The molecule has 0 N–H and O–H groups in total. The topological polar surface area (TPSA) is 0 Å². The molecule has 1 saturated carbocycles. The van der Waals surface area contributed by atoms with E-state index in [1.54, 1.807) is 0 Å². The first-order valence-corrected chi connectivity index (χ1v) is 6.95. The molecule has 0 aliphatic heterocycles. The standard InChI is InChI=1S/C12H15BrS/c13-11-8-4-5-9-12(11)14-10-6-2-1-3-7-10/h4-5,8-10H,1-3,6-7H2. The summed E-state index contributed by atoms with van der Waals surface area (Å²) < 4.78 is 1.25. The van der Waals surface area contributed by atoms with Crippen molar-refractivity contribution >= 4 is 27.7 Å². The lowest BCUT2D eigenvalue weighted by Gasteiger charge is -2.21. The van der Waals surface area contributed by atoms with Crippen molar-refractivity contribution in [2.24, 2.45) is 0 Å². The van der Waals surface area contributed by atoms with Crippen molar-refractivity contribution in [3.05, 3.63) is 28.7 Å². The van der Waals surface area contributed by atoms with Gasteiger partial charge >= 0.3 is 0 Å². The van der Waals surface area contributed by atoms with Crippen molar-refractivity contribution < 1.29 is 0 Å². The summed E-state index contributed by atoms with van der Waals surface area (Å²) in [5, 5.41) is 0.849. The van der Waals surface area contributed by atoms with E-state index in [1.165, 1.54) is 41.5 Å². The van der Waals surface area contributed by atoms with E-state index in [1.807, 2.05) is 11.8 Å². The number of hydrogen-bond acceptors (Lipinski definition) is 1. The molecule has 2 rings (SSSR count). The number of hydrogen-bond donors (Lipinski definition) is 0. The van der Waals surface area contributed by atoms with Crippen LogP contribution in [-0.2, 0) is 0 Å². The molecule has 0 atom stereocenters. The summed E-state index contributed by atoms with van der Waals surface area (Å²) in [5.41, 5.74) is 0. The third kappa shape index (κ3) is 2.77. The molecule has 0 heterocycles. The summed E-state index contributed by atoms with van der Waals surface area (Å²) in [5.74, 6) is 0. The summed E-state index contributed by atoms with van der Waals surface area (Å²) in [7, 11) is 0. The van der Waals surface area contributed by atoms with Crippen LogP contribution < -0.4 is 0 Å². The molecule has 76 valence electrons. The van der Waals surface area contributed by atoms with Gasteiger partial charge < -0.3 is 0 Å². The van der Waals surface area contributed by atoms with Gasteiger partial charge in [-0.3, -0.25) is 0 Å². The second-order valence-electron chi connectivity index (χ2n) is 3.81. The Bertz CT molecular complexity index is 292. The monoisotopic (exact) mass is 270 g/mol. The van der Waals surface area contributed by atoms with Crippen LogP contribution in [0.4, 0.5) is 0 Å². The van der Waals surface area contributed by atoms with Crippen molar-refractivity contribution in [3.8, 4) is 0 Å². The molecule has 0 bridgehead atoms. The molecule has 0 radical (unpaired) electrons. The molecular weight excluding hydrogens is 256 g/mol. The van der Waals surface area contributed by atoms with E-state index in [0.29, 0.717) is 0 Å². The van der Waals surface area contributed by atoms with Gasteiger partial charge in [-0.05, 0) is 40.9 Å². The van der Waals surface area contributed by atoms with Crippen molar-refractivity contribution in [1.82, 2.24) is 0 Å². The maximum Gasteiger partial charge on any atom is 0.0311 e. The Balaban J connectivity index is 1.99. The van der Waals surface area contributed by atoms with E-state index >= 15 is 0 Å². The predicted octanol–water partition coefficient (Wildman–Crippen LogP) is 4.87. The second-order valence-corrected chi connectivity index (χ2v) is 6.00. The lowest BCUT2D eigenvalue weighted by Crippen LogP contribution is -2.07. The molecule has 0 unspecified atom stereocenters. The third-order valence-corrected chi connectivity index (χ3v) is 5.05. The maximum atomic E-state index is 3.60. The molecule has 0 spiro atoms. The van der Waals surface area contributed by atoms with Gasteiger partial charge in [-0.2, -0.15) is 0 Å². The predicted molar refractivity (Wildman–Crippen MR) is 66.9 cm³/mol. The summed E-state index contributed by atoms with van der Waals surface area (Å²) in [6, 6.07) is 8.54. The molecule has 1 aromatic rings. The van der Waals surface area contributed by atoms with Crippen LogP contribution in [0.15, 0.2) is 33.6 Å². The minimum atomic E-state index is 0.849. The lowest BCUT2D eigenvalue weighted by atomic mass is 10.0. The minimum Gasteiger partial charge on any atom is -0.122 e. The molecule has 0 nitrogen and oxygen atoms in total. The van der Waals surface area contributed by atoms with Crippen molar-refractivity contribution in [3.63, 3.8) is 0 Å². The first-order valence-electron chi connectivity index (χ1n) is 5.27.